The van der Waals surface area contributed by atoms with Gasteiger partial charge >= 0.3 is 5.97 Å². The number of carboxylic acids is 1. The molecule has 0 spiro atoms. The summed E-state index contributed by atoms with van der Waals surface area (Å²) in [7, 11) is 0. The summed E-state index contributed by atoms with van der Waals surface area (Å²) in [5.41, 5.74) is 0. The second-order valence-corrected chi connectivity index (χ2v) is 12.9. The van der Waals surface area contributed by atoms with Gasteiger partial charge in [-0.15, -0.1) is 0 Å². The zero-order valence-electron chi connectivity index (χ0n) is 28.9. The van der Waals surface area contributed by atoms with Gasteiger partial charge < -0.3 is 15.3 Å². The van der Waals surface area contributed by atoms with Gasteiger partial charge in [0, 0.05) is 25.9 Å². The van der Waals surface area contributed by atoms with E-state index in [1.54, 1.807) is 0 Å². The molecule has 2 N–H and O–H groups in total. The van der Waals surface area contributed by atoms with Gasteiger partial charge in [0.15, 0.2) is 0 Å². The van der Waals surface area contributed by atoms with Crippen molar-refractivity contribution in [2.45, 2.75) is 207 Å². The Hall–Kier alpha value is -1.59. The molecule has 2 amide bonds. The zero-order chi connectivity index (χ0) is 31.8. The molecule has 6 heteroatoms. The SMILES string of the molecule is CCCCCCCCCCCC(=O)N[C@@H](CCC(=O)O)C(=O)N(CCCCCCCCCC)CCCCCCCCCC. The first-order valence-electron chi connectivity index (χ1n) is 18.8. The summed E-state index contributed by atoms with van der Waals surface area (Å²) in [5, 5.41) is 12.3. The molecule has 0 aromatic rings. The first-order chi connectivity index (χ1) is 21.0. The van der Waals surface area contributed by atoms with Crippen LogP contribution in [0.4, 0.5) is 0 Å². The number of carbonyl (C=O) groups excluding carboxylic acids is 2. The second-order valence-electron chi connectivity index (χ2n) is 12.9. The number of nitrogens with zero attached hydrogens (tertiary/aromatic N) is 1. The minimum Gasteiger partial charge on any atom is -0.481 e. The van der Waals surface area contributed by atoms with E-state index in [0.29, 0.717) is 19.5 Å². The minimum atomic E-state index is -0.927. The van der Waals surface area contributed by atoms with Crippen molar-refractivity contribution in [2.75, 3.05) is 13.1 Å². The van der Waals surface area contributed by atoms with E-state index in [2.05, 4.69) is 26.1 Å². The van der Waals surface area contributed by atoms with Crippen LogP contribution < -0.4 is 5.32 Å². The quantitative estimate of drug-likeness (QED) is 0.0726. The third kappa shape index (κ3) is 27.7. The van der Waals surface area contributed by atoms with Crippen LogP contribution in [0.2, 0.25) is 0 Å². The van der Waals surface area contributed by atoms with Gasteiger partial charge in [0.1, 0.15) is 6.04 Å². The minimum absolute atomic E-state index is 0.0902. The van der Waals surface area contributed by atoms with Crippen molar-refractivity contribution in [3.05, 3.63) is 0 Å². The summed E-state index contributed by atoms with van der Waals surface area (Å²) < 4.78 is 0. The molecule has 0 bridgehead atoms. The molecule has 0 rings (SSSR count). The van der Waals surface area contributed by atoms with Gasteiger partial charge in [0.25, 0.3) is 0 Å². The fourth-order valence-corrected chi connectivity index (χ4v) is 5.81. The smallest absolute Gasteiger partial charge is 0.303 e. The molecule has 0 aliphatic heterocycles. The molecule has 6 nitrogen and oxygen atoms in total. The number of nitrogens with one attached hydrogen (secondary N) is 1. The number of unbranched alkanes of at least 4 members (excludes halogenated alkanes) is 22. The Morgan fingerprint density at radius 2 is 0.860 bits per heavy atom. The van der Waals surface area contributed by atoms with E-state index < -0.39 is 12.0 Å². The van der Waals surface area contributed by atoms with E-state index in [4.69, 9.17) is 0 Å². The fraction of sp³-hybridized carbons (Fsp3) is 0.919. The molecule has 1 atom stereocenters. The van der Waals surface area contributed by atoms with Crippen molar-refractivity contribution in [1.82, 2.24) is 10.2 Å². The van der Waals surface area contributed by atoms with Gasteiger partial charge in [-0.1, -0.05) is 162 Å². The number of carbonyl (C=O) groups is 3. The van der Waals surface area contributed by atoms with Crippen molar-refractivity contribution in [2.24, 2.45) is 0 Å². The van der Waals surface area contributed by atoms with Crippen molar-refractivity contribution >= 4 is 17.8 Å². The molecule has 43 heavy (non-hydrogen) atoms. The summed E-state index contributed by atoms with van der Waals surface area (Å²) in [6.07, 6.45) is 30.5. The van der Waals surface area contributed by atoms with Gasteiger partial charge in [0.05, 0.1) is 0 Å². The topological polar surface area (TPSA) is 86.7 Å². The van der Waals surface area contributed by atoms with Gasteiger partial charge in [-0.05, 0) is 25.7 Å². The molecular formula is C37H72N2O4. The van der Waals surface area contributed by atoms with E-state index in [0.717, 1.165) is 44.9 Å². The Kier molecular flexibility index (Phi) is 30.6. The van der Waals surface area contributed by atoms with Crippen LogP contribution in [0.3, 0.4) is 0 Å². The first kappa shape index (κ1) is 41.4. The highest BCUT2D eigenvalue weighted by molar-refractivity contribution is 5.88. The van der Waals surface area contributed by atoms with Gasteiger partial charge in [0.2, 0.25) is 11.8 Å². The maximum absolute atomic E-state index is 13.7. The molecule has 0 radical (unpaired) electrons. The molecule has 0 saturated carbocycles. The highest BCUT2D eigenvalue weighted by atomic mass is 16.4. The van der Waals surface area contributed by atoms with Gasteiger partial charge in [-0.3, -0.25) is 14.4 Å². The Morgan fingerprint density at radius 1 is 0.512 bits per heavy atom. The molecule has 0 aromatic heterocycles. The number of rotatable bonds is 33. The second kappa shape index (κ2) is 31.8. The Balaban J connectivity index is 4.84. The fourth-order valence-electron chi connectivity index (χ4n) is 5.81. The molecule has 0 saturated heterocycles. The molecule has 0 fully saturated rings. The molecule has 0 heterocycles. The Morgan fingerprint density at radius 3 is 1.23 bits per heavy atom. The van der Waals surface area contributed by atoms with Crippen molar-refractivity contribution < 1.29 is 19.5 Å². The van der Waals surface area contributed by atoms with E-state index in [1.165, 1.54) is 116 Å². The molecule has 0 aliphatic carbocycles. The summed E-state index contributed by atoms with van der Waals surface area (Å²) in [6.45, 7) is 8.10. The van der Waals surface area contributed by atoms with Gasteiger partial charge in [-0.2, -0.15) is 0 Å². The number of carboxylic acid groups (broad SMARTS) is 1. The van der Waals surface area contributed by atoms with E-state index >= 15 is 0 Å². The molecular weight excluding hydrogens is 536 g/mol. The summed E-state index contributed by atoms with van der Waals surface area (Å²) in [5.74, 6) is -1.14. The van der Waals surface area contributed by atoms with Crippen LogP contribution in [0.5, 0.6) is 0 Å². The Bertz CT molecular complexity index is 635. The summed E-state index contributed by atoms with van der Waals surface area (Å²) in [4.78, 5) is 39.8. The normalized spacial score (nSPS) is 11.9. The van der Waals surface area contributed by atoms with Crippen LogP contribution in [-0.2, 0) is 14.4 Å². The average Bonchev–Trinajstić information content (AvgIpc) is 2.99. The monoisotopic (exact) mass is 609 g/mol. The van der Waals surface area contributed by atoms with Crippen LogP contribution in [-0.4, -0.2) is 46.9 Å². The number of amides is 2. The highest BCUT2D eigenvalue weighted by Gasteiger charge is 2.26. The predicted octanol–water partition coefficient (Wildman–Crippen LogP) is 10.4. The standard InChI is InChI=1S/C37H72N2O4/c1-4-7-10-13-16-19-20-23-26-29-35(40)38-34(30-31-36(41)42)37(43)39(32-27-24-21-17-14-11-8-5-2)33-28-25-22-18-15-12-9-6-3/h34H,4-33H2,1-3H3,(H,38,40)(H,41,42)/t34-/m0/s1. The van der Waals surface area contributed by atoms with Crippen LogP contribution >= 0.6 is 0 Å². The lowest BCUT2D eigenvalue weighted by molar-refractivity contribution is -0.139. The largest absolute Gasteiger partial charge is 0.481 e. The van der Waals surface area contributed by atoms with Gasteiger partial charge in [-0.25, -0.2) is 0 Å². The predicted molar refractivity (Wildman–Crippen MR) is 182 cm³/mol. The number of hydrogen-bond acceptors (Lipinski definition) is 3. The molecule has 0 aliphatic rings. The summed E-state index contributed by atoms with van der Waals surface area (Å²) >= 11 is 0. The van der Waals surface area contributed by atoms with Crippen LogP contribution in [0.25, 0.3) is 0 Å². The number of aliphatic carboxylic acids is 1. The van der Waals surface area contributed by atoms with E-state index in [1.807, 2.05) is 4.90 Å². The van der Waals surface area contributed by atoms with Crippen LogP contribution in [0.15, 0.2) is 0 Å². The lowest BCUT2D eigenvalue weighted by atomic mass is 10.0. The summed E-state index contributed by atoms with van der Waals surface area (Å²) in [6, 6.07) is -0.745. The lowest BCUT2D eigenvalue weighted by Gasteiger charge is -2.28. The number of hydrogen-bond donors (Lipinski definition) is 2. The molecule has 254 valence electrons. The third-order valence-electron chi connectivity index (χ3n) is 8.66. The van der Waals surface area contributed by atoms with Crippen LogP contribution in [0, 0.1) is 0 Å². The average molecular weight is 609 g/mol. The maximum atomic E-state index is 13.7. The molecule has 0 unspecified atom stereocenters. The highest BCUT2D eigenvalue weighted by Crippen LogP contribution is 2.14. The third-order valence-corrected chi connectivity index (χ3v) is 8.66. The van der Waals surface area contributed by atoms with Crippen molar-refractivity contribution in [3.63, 3.8) is 0 Å². The van der Waals surface area contributed by atoms with Crippen molar-refractivity contribution in [3.8, 4) is 0 Å². The first-order valence-corrected chi connectivity index (χ1v) is 18.8. The van der Waals surface area contributed by atoms with Crippen molar-refractivity contribution in [1.29, 1.82) is 0 Å². The van der Waals surface area contributed by atoms with E-state index in [-0.39, 0.29) is 24.7 Å². The zero-order valence-corrected chi connectivity index (χ0v) is 28.9. The maximum Gasteiger partial charge on any atom is 0.303 e. The van der Waals surface area contributed by atoms with E-state index in [9.17, 15) is 19.5 Å². The van der Waals surface area contributed by atoms with Crippen LogP contribution in [0.1, 0.15) is 201 Å². The Labute approximate surface area is 266 Å². The lowest BCUT2D eigenvalue weighted by Crippen LogP contribution is -2.49. The molecule has 0 aromatic carbocycles.